The molecule has 188 valence electrons. The summed E-state index contributed by atoms with van der Waals surface area (Å²) >= 11 is 6.46. The standard InChI is InChI=1S/C24H25ClFN7O3/c25-18-12-15(3-5-17(18)21-2-1-9-36-21)29-16-4-6-20(27-13-16)23(34)31-32-24-28-14-19(26)22(30-24)33-7-10-35-11-8-33/h3-6,12-14,21,29H,1-2,7-11H2,(H,31,34)(H,28,30,32). The minimum atomic E-state index is -0.540. The molecule has 0 saturated carbocycles. The smallest absolute Gasteiger partial charge is 0.288 e. The second-order valence-electron chi connectivity index (χ2n) is 8.34. The van der Waals surface area contributed by atoms with Gasteiger partial charge in [-0.15, -0.1) is 0 Å². The number of hydrazine groups is 1. The molecular weight excluding hydrogens is 489 g/mol. The number of halogens is 2. The zero-order valence-corrected chi connectivity index (χ0v) is 20.1. The van der Waals surface area contributed by atoms with Crippen molar-refractivity contribution in [3.8, 4) is 0 Å². The molecule has 0 radical (unpaired) electrons. The molecule has 1 unspecified atom stereocenters. The number of morpholine rings is 1. The lowest BCUT2D eigenvalue weighted by Gasteiger charge is -2.28. The van der Waals surface area contributed by atoms with Crippen LogP contribution in [0.1, 0.15) is 35.0 Å². The summed E-state index contributed by atoms with van der Waals surface area (Å²) in [6.45, 7) is 2.79. The van der Waals surface area contributed by atoms with Crippen molar-refractivity contribution in [2.24, 2.45) is 0 Å². The molecule has 2 fully saturated rings. The second-order valence-corrected chi connectivity index (χ2v) is 8.75. The Morgan fingerprint density at radius 1 is 1.08 bits per heavy atom. The van der Waals surface area contributed by atoms with Crippen molar-refractivity contribution < 1.29 is 18.7 Å². The minimum absolute atomic E-state index is 0.0471. The second kappa shape index (κ2) is 11.0. The van der Waals surface area contributed by atoms with Gasteiger partial charge in [-0.05, 0) is 42.7 Å². The molecule has 0 spiro atoms. The number of carbonyl (C=O) groups excluding carboxylic acids is 1. The quantitative estimate of drug-likeness (QED) is 0.405. The summed E-state index contributed by atoms with van der Waals surface area (Å²) in [6.07, 6.45) is 4.66. The lowest BCUT2D eigenvalue weighted by atomic mass is 10.1. The van der Waals surface area contributed by atoms with Crippen LogP contribution >= 0.6 is 11.6 Å². The highest BCUT2D eigenvalue weighted by atomic mass is 35.5. The van der Waals surface area contributed by atoms with Crippen molar-refractivity contribution in [1.82, 2.24) is 20.4 Å². The number of aromatic nitrogens is 3. The molecule has 2 aromatic heterocycles. The molecule has 0 aliphatic carbocycles. The first-order valence-corrected chi connectivity index (χ1v) is 12.0. The number of anilines is 4. The number of pyridine rings is 1. The molecule has 2 aliphatic rings. The van der Waals surface area contributed by atoms with Crippen LogP contribution in [0.4, 0.5) is 27.5 Å². The van der Waals surface area contributed by atoms with Gasteiger partial charge in [0.25, 0.3) is 5.91 Å². The number of amides is 1. The van der Waals surface area contributed by atoms with Crippen LogP contribution < -0.4 is 21.1 Å². The van der Waals surface area contributed by atoms with Crippen LogP contribution in [0.5, 0.6) is 0 Å². The molecule has 36 heavy (non-hydrogen) atoms. The van der Waals surface area contributed by atoms with Gasteiger partial charge in [0, 0.05) is 30.4 Å². The summed E-state index contributed by atoms with van der Waals surface area (Å²) in [7, 11) is 0. The summed E-state index contributed by atoms with van der Waals surface area (Å²) in [5, 5.41) is 3.87. The van der Waals surface area contributed by atoms with E-state index >= 15 is 0 Å². The first-order valence-electron chi connectivity index (χ1n) is 11.6. The van der Waals surface area contributed by atoms with Gasteiger partial charge >= 0.3 is 0 Å². The molecule has 1 aromatic carbocycles. The monoisotopic (exact) mass is 513 g/mol. The third-order valence-electron chi connectivity index (χ3n) is 5.89. The molecular formula is C24H25ClFN7O3. The number of hydrogen-bond donors (Lipinski definition) is 3. The maximum absolute atomic E-state index is 14.2. The zero-order chi connectivity index (χ0) is 24.9. The normalized spacial score (nSPS) is 17.6. The molecule has 2 aliphatic heterocycles. The molecule has 10 nitrogen and oxygen atoms in total. The van der Waals surface area contributed by atoms with Crippen molar-refractivity contribution in [1.29, 1.82) is 0 Å². The van der Waals surface area contributed by atoms with Crippen LogP contribution in [0.3, 0.4) is 0 Å². The number of nitrogens with zero attached hydrogens (tertiary/aromatic N) is 4. The fraction of sp³-hybridized carbons (Fsp3) is 0.333. The van der Waals surface area contributed by atoms with E-state index in [0.717, 1.165) is 36.9 Å². The number of nitrogens with one attached hydrogen (secondary N) is 3. The van der Waals surface area contributed by atoms with Crippen molar-refractivity contribution in [2.45, 2.75) is 18.9 Å². The van der Waals surface area contributed by atoms with Gasteiger partial charge in [-0.25, -0.2) is 14.4 Å². The Labute approximate surface area is 212 Å². The van der Waals surface area contributed by atoms with Crippen LogP contribution in [0, 0.1) is 5.82 Å². The van der Waals surface area contributed by atoms with Crippen LogP contribution in [0.15, 0.2) is 42.7 Å². The van der Waals surface area contributed by atoms with Gasteiger partial charge in [0.05, 0.1) is 37.4 Å². The number of hydrogen-bond acceptors (Lipinski definition) is 9. The Bertz CT molecular complexity index is 1220. The van der Waals surface area contributed by atoms with Crippen LogP contribution in [0.2, 0.25) is 5.02 Å². The van der Waals surface area contributed by atoms with Gasteiger partial charge in [0.2, 0.25) is 5.95 Å². The minimum Gasteiger partial charge on any atom is -0.378 e. The summed E-state index contributed by atoms with van der Waals surface area (Å²) in [6, 6.07) is 9.04. The Kier molecular flexibility index (Phi) is 7.40. The van der Waals surface area contributed by atoms with E-state index in [9.17, 15) is 9.18 Å². The molecule has 3 N–H and O–H groups in total. The third-order valence-corrected chi connectivity index (χ3v) is 6.21. The number of rotatable bonds is 7. The predicted octanol–water partition coefficient (Wildman–Crippen LogP) is 3.85. The number of benzene rings is 1. The van der Waals surface area contributed by atoms with Gasteiger partial charge in [-0.1, -0.05) is 17.7 Å². The molecule has 12 heteroatoms. The molecule has 1 amide bonds. The summed E-state index contributed by atoms with van der Waals surface area (Å²) in [5.74, 6) is -0.817. The van der Waals surface area contributed by atoms with E-state index in [0.29, 0.717) is 37.0 Å². The van der Waals surface area contributed by atoms with Gasteiger partial charge in [-0.3, -0.25) is 15.6 Å². The first-order chi connectivity index (χ1) is 17.6. The summed E-state index contributed by atoms with van der Waals surface area (Å²) in [5.41, 5.74) is 7.75. The van der Waals surface area contributed by atoms with Crippen molar-refractivity contribution in [3.05, 3.63) is 64.8 Å². The zero-order valence-electron chi connectivity index (χ0n) is 19.3. The highest BCUT2D eigenvalue weighted by Crippen LogP contribution is 2.35. The lowest BCUT2D eigenvalue weighted by Crippen LogP contribution is -2.38. The van der Waals surface area contributed by atoms with E-state index < -0.39 is 11.7 Å². The van der Waals surface area contributed by atoms with Gasteiger partial charge in [0.1, 0.15) is 5.69 Å². The Morgan fingerprint density at radius 3 is 2.64 bits per heavy atom. The van der Waals surface area contributed by atoms with Crippen molar-refractivity contribution >= 4 is 40.6 Å². The topological polar surface area (TPSA) is 114 Å². The summed E-state index contributed by atoms with van der Waals surface area (Å²) < 4.78 is 25.2. The molecule has 2 saturated heterocycles. The van der Waals surface area contributed by atoms with Gasteiger partial charge in [-0.2, -0.15) is 4.98 Å². The van der Waals surface area contributed by atoms with E-state index in [1.807, 2.05) is 18.2 Å². The molecule has 4 heterocycles. The van der Waals surface area contributed by atoms with E-state index in [1.165, 1.54) is 0 Å². The van der Waals surface area contributed by atoms with E-state index in [1.54, 1.807) is 23.2 Å². The number of carbonyl (C=O) groups is 1. The fourth-order valence-corrected chi connectivity index (χ4v) is 4.35. The molecule has 1 atom stereocenters. The first kappa shape index (κ1) is 24.2. The lowest BCUT2D eigenvalue weighted by molar-refractivity contribution is 0.0957. The van der Waals surface area contributed by atoms with E-state index in [2.05, 4.69) is 31.1 Å². The number of ether oxygens (including phenoxy) is 2. The van der Waals surface area contributed by atoms with Crippen LogP contribution in [-0.2, 0) is 9.47 Å². The van der Waals surface area contributed by atoms with Gasteiger partial charge < -0.3 is 19.7 Å². The SMILES string of the molecule is O=C(NNc1ncc(F)c(N2CCOCC2)n1)c1ccc(Nc2ccc(C3CCCO3)c(Cl)c2)cn1. The highest BCUT2D eigenvalue weighted by molar-refractivity contribution is 6.31. The van der Waals surface area contributed by atoms with E-state index in [-0.39, 0.29) is 23.6 Å². The predicted molar refractivity (Wildman–Crippen MR) is 133 cm³/mol. The largest absolute Gasteiger partial charge is 0.378 e. The van der Waals surface area contributed by atoms with Gasteiger partial charge in [0.15, 0.2) is 11.6 Å². The van der Waals surface area contributed by atoms with Crippen molar-refractivity contribution in [3.63, 3.8) is 0 Å². The summed E-state index contributed by atoms with van der Waals surface area (Å²) in [4.78, 5) is 26.5. The maximum atomic E-state index is 14.2. The fourth-order valence-electron chi connectivity index (χ4n) is 4.05. The Morgan fingerprint density at radius 2 is 1.92 bits per heavy atom. The third kappa shape index (κ3) is 5.64. The van der Waals surface area contributed by atoms with E-state index in [4.69, 9.17) is 21.1 Å². The molecule has 3 aromatic rings. The van der Waals surface area contributed by atoms with Crippen LogP contribution in [0.25, 0.3) is 0 Å². The maximum Gasteiger partial charge on any atom is 0.288 e. The molecule has 5 rings (SSSR count). The van der Waals surface area contributed by atoms with Crippen LogP contribution in [-0.4, -0.2) is 53.8 Å². The van der Waals surface area contributed by atoms with Crippen molar-refractivity contribution in [2.75, 3.05) is 48.6 Å². The Hall–Kier alpha value is -3.54. The average molecular weight is 514 g/mol. The highest BCUT2D eigenvalue weighted by Gasteiger charge is 2.21. The Balaban J connectivity index is 1.17. The average Bonchev–Trinajstić information content (AvgIpc) is 3.44. The molecule has 0 bridgehead atoms.